The van der Waals surface area contributed by atoms with Crippen LogP contribution in [0.5, 0.6) is 11.5 Å². The van der Waals surface area contributed by atoms with Crippen molar-refractivity contribution in [2.45, 2.75) is 0 Å². The molecular weight excluding hydrogens is 271 g/mol. The van der Waals surface area contributed by atoms with Gasteiger partial charge in [0, 0.05) is 11.8 Å². The van der Waals surface area contributed by atoms with Crippen LogP contribution in [0.2, 0.25) is 5.02 Å². The van der Waals surface area contributed by atoms with E-state index in [0.717, 1.165) is 6.07 Å². The predicted octanol–water partition coefficient (Wildman–Crippen LogP) is 2.95. The van der Waals surface area contributed by atoms with Crippen molar-refractivity contribution in [2.75, 3.05) is 5.73 Å². The van der Waals surface area contributed by atoms with Crippen LogP contribution >= 0.6 is 11.6 Å². The summed E-state index contributed by atoms with van der Waals surface area (Å²) in [6, 6.07) is 8.07. The van der Waals surface area contributed by atoms with E-state index in [1.165, 1.54) is 30.3 Å². The van der Waals surface area contributed by atoms with Gasteiger partial charge >= 0.3 is 0 Å². The molecule has 0 bridgehead atoms. The summed E-state index contributed by atoms with van der Waals surface area (Å²) in [6.07, 6.45) is 0. The molecule has 0 aliphatic heterocycles. The Kier molecular flexibility index (Phi) is 3.57. The summed E-state index contributed by atoms with van der Waals surface area (Å²) < 4.78 is 18.4. The van der Waals surface area contributed by atoms with Crippen molar-refractivity contribution in [2.24, 2.45) is 5.73 Å². The van der Waals surface area contributed by atoms with Crippen LogP contribution in [0.1, 0.15) is 10.4 Å². The maximum absolute atomic E-state index is 12.9. The highest BCUT2D eigenvalue weighted by molar-refractivity contribution is 6.32. The molecule has 98 valence electrons. The molecule has 2 aromatic rings. The van der Waals surface area contributed by atoms with Gasteiger partial charge in [0.05, 0.1) is 10.6 Å². The van der Waals surface area contributed by atoms with Gasteiger partial charge in [0.25, 0.3) is 5.91 Å². The number of halogens is 2. The number of hydrogen-bond donors (Lipinski definition) is 2. The third-order valence-corrected chi connectivity index (χ3v) is 2.68. The highest BCUT2D eigenvalue weighted by atomic mass is 35.5. The second-order valence-corrected chi connectivity index (χ2v) is 4.20. The van der Waals surface area contributed by atoms with E-state index in [1.807, 2.05) is 0 Å². The average molecular weight is 281 g/mol. The molecule has 0 atom stereocenters. The van der Waals surface area contributed by atoms with E-state index in [4.69, 9.17) is 27.8 Å². The Morgan fingerprint density at radius 3 is 2.53 bits per heavy atom. The first-order valence-electron chi connectivity index (χ1n) is 5.29. The number of rotatable bonds is 3. The fraction of sp³-hybridized carbons (Fsp3) is 0. The predicted molar refractivity (Wildman–Crippen MR) is 70.9 cm³/mol. The molecule has 19 heavy (non-hydrogen) atoms. The number of anilines is 1. The summed E-state index contributed by atoms with van der Waals surface area (Å²) in [7, 11) is 0. The summed E-state index contributed by atoms with van der Waals surface area (Å²) in [5.41, 5.74) is 11.4. The largest absolute Gasteiger partial charge is 0.455 e. The standard InChI is InChI=1S/C13H10ClFN2O2/c14-10-5-7(15)1-4-11(10)19-12-6-8(16)2-3-9(12)13(17)18/h1-6H,16H2,(H2,17,18). The van der Waals surface area contributed by atoms with Gasteiger partial charge in [-0.3, -0.25) is 4.79 Å². The molecule has 0 fully saturated rings. The Bertz CT molecular complexity index is 647. The van der Waals surface area contributed by atoms with Crippen LogP contribution in [0.3, 0.4) is 0 Å². The molecule has 0 heterocycles. The molecule has 0 spiro atoms. The Hall–Kier alpha value is -2.27. The Balaban J connectivity index is 2.42. The van der Waals surface area contributed by atoms with Crippen molar-refractivity contribution < 1.29 is 13.9 Å². The first kappa shape index (κ1) is 13.2. The van der Waals surface area contributed by atoms with E-state index in [2.05, 4.69) is 0 Å². The highest BCUT2D eigenvalue weighted by Gasteiger charge is 2.12. The molecule has 4 N–H and O–H groups in total. The van der Waals surface area contributed by atoms with Crippen LogP contribution in [-0.2, 0) is 0 Å². The maximum atomic E-state index is 12.9. The van der Waals surface area contributed by atoms with E-state index in [1.54, 1.807) is 0 Å². The van der Waals surface area contributed by atoms with Crippen LogP contribution < -0.4 is 16.2 Å². The number of primary amides is 1. The van der Waals surface area contributed by atoms with Crippen molar-refractivity contribution in [1.82, 2.24) is 0 Å². The van der Waals surface area contributed by atoms with E-state index in [9.17, 15) is 9.18 Å². The number of nitrogen functional groups attached to an aromatic ring is 1. The number of nitrogens with two attached hydrogens (primary N) is 2. The molecule has 0 aliphatic rings. The minimum absolute atomic E-state index is 0.0813. The molecule has 0 saturated carbocycles. The summed E-state index contributed by atoms with van der Waals surface area (Å²) >= 11 is 5.84. The highest BCUT2D eigenvalue weighted by Crippen LogP contribution is 2.32. The number of carbonyl (C=O) groups excluding carboxylic acids is 1. The van der Waals surface area contributed by atoms with Crippen LogP contribution in [0.4, 0.5) is 10.1 Å². The van der Waals surface area contributed by atoms with E-state index >= 15 is 0 Å². The minimum Gasteiger partial charge on any atom is -0.455 e. The molecule has 0 unspecified atom stereocenters. The topological polar surface area (TPSA) is 78.3 Å². The fourth-order valence-corrected chi connectivity index (χ4v) is 1.71. The van der Waals surface area contributed by atoms with Gasteiger partial charge in [-0.15, -0.1) is 0 Å². The van der Waals surface area contributed by atoms with Crippen LogP contribution in [0, 0.1) is 5.82 Å². The van der Waals surface area contributed by atoms with Gasteiger partial charge in [0.15, 0.2) is 0 Å². The lowest BCUT2D eigenvalue weighted by atomic mass is 10.1. The van der Waals surface area contributed by atoms with Crippen LogP contribution in [0.15, 0.2) is 36.4 Å². The Morgan fingerprint density at radius 1 is 1.16 bits per heavy atom. The van der Waals surface area contributed by atoms with E-state index < -0.39 is 11.7 Å². The second kappa shape index (κ2) is 5.16. The monoisotopic (exact) mass is 280 g/mol. The Labute approximate surface area is 113 Å². The first-order chi connectivity index (χ1) is 8.97. The zero-order chi connectivity index (χ0) is 14.0. The van der Waals surface area contributed by atoms with E-state index in [-0.39, 0.29) is 22.1 Å². The third kappa shape index (κ3) is 2.95. The van der Waals surface area contributed by atoms with E-state index in [0.29, 0.717) is 5.69 Å². The van der Waals surface area contributed by atoms with Crippen molar-refractivity contribution in [3.8, 4) is 11.5 Å². The molecule has 0 aliphatic carbocycles. The minimum atomic E-state index is -0.659. The first-order valence-corrected chi connectivity index (χ1v) is 5.67. The van der Waals surface area contributed by atoms with Gasteiger partial charge in [-0.2, -0.15) is 0 Å². The number of ether oxygens (including phenoxy) is 1. The normalized spacial score (nSPS) is 10.2. The second-order valence-electron chi connectivity index (χ2n) is 3.80. The molecule has 0 saturated heterocycles. The smallest absolute Gasteiger partial charge is 0.252 e. The molecule has 1 amide bonds. The summed E-state index contributed by atoms with van der Waals surface area (Å²) in [6.45, 7) is 0. The summed E-state index contributed by atoms with van der Waals surface area (Å²) in [5, 5.41) is 0.0813. The lowest BCUT2D eigenvalue weighted by molar-refractivity contribution is 0.0998. The van der Waals surface area contributed by atoms with Crippen molar-refractivity contribution >= 4 is 23.2 Å². The van der Waals surface area contributed by atoms with Gasteiger partial charge in [0.2, 0.25) is 0 Å². The number of benzene rings is 2. The molecule has 2 aromatic carbocycles. The molecule has 0 aromatic heterocycles. The lowest BCUT2D eigenvalue weighted by Crippen LogP contribution is -2.12. The van der Waals surface area contributed by atoms with Crippen LogP contribution in [-0.4, -0.2) is 5.91 Å². The average Bonchev–Trinajstić information content (AvgIpc) is 2.32. The van der Waals surface area contributed by atoms with Gasteiger partial charge in [-0.1, -0.05) is 11.6 Å². The van der Waals surface area contributed by atoms with Gasteiger partial charge < -0.3 is 16.2 Å². The number of amides is 1. The number of hydrogen-bond acceptors (Lipinski definition) is 3. The molecule has 4 nitrogen and oxygen atoms in total. The SMILES string of the molecule is NC(=O)c1ccc(N)cc1Oc1ccc(F)cc1Cl. The molecule has 6 heteroatoms. The van der Waals surface area contributed by atoms with Crippen LogP contribution in [0.25, 0.3) is 0 Å². The van der Waals surface area contributed by atoms with Crippen molar-refractivity contribution in [1.29, 1.82) is 0 Å². The lowest BCUT2D eigenvalue weighted by Gasteiger charge is -2.11. The number of carbonyl (C=O) groups is 1. The third-order valence-electron chi connectivity index (χ3n) is 2.38. The Morgan fingerprint density at radius 2 is 1.89 bits per heavy atom. The quantitative estimate of drug-likeness (QED) is 0.849. The van der Waals surface area contributed by atoms with Gasteiger partial charge in [0.1, 0.15) is 17.3 Å². The van der Waals surface area contributed by atoms with Gasteiger partial charge in [-0.25, -0.2) is 4.39 Å². The summed E-state index contributed by atoms with van der Waals surface area (Å²) in [4.78, 5) is 11.3. The molecular formula is C13H10ClFN2O2. The maximum Gasteiger partial charge on any atom is 0.252 e. The zero-order valence-electron chi connectivity index (χ0n) is 9.69. The van der Waals surface area contributed by atoms with Crippen molar-refractivity contribution in [3.63, 3.8) is 0 Å². The van der Waals surface area contributed by atoms with Crippen molar-refractivity contribution in [3.05, 3.63) is 52.8 Å². The zero-order valence-corrected chi connectivity index (χ0v) is 10.4. The summed E-state index contributed by atoms with van der Waals surface area (Å²) in [5.74, 6) is -0.773. The molecule has 2 rings (SSSR count). The van der Waals surface area contributed by atoms with Gasteiger partial charge in [-0.05, 0) is 30.3 Å². The molecule has 0 radical (unpaired) electrons. The fourth-order valence-electron chi connectivity index (χ4n) is 1.50.